The van der Waals surface area contributed by atoms with E-state index >= 15 is 0 Å². The number of nitrogens with one attached hydrogen (secondary N) is 1. The van der Waals surface area contributed by atoms with Crippen LogP contribution in [-0.2, 0) is 11.3 Å². The van der Waals surface area contributed by atoms with Crippen LogP contribution in [0.25, 0.3) is 21.5 Å². The van der Waals surface area contributed by atoms with Crippen LogP contribution < -0.4 is 15.6 Å². The molecule has 4 rings (SSSR count). The molecule has 0 radical (unpaired) electrons. The summed E-state index contributed by atoms with van der Waals surface area (Å²) in [5, 5.41) is 5.69. The summed E-state index contributed by atoms with van der Waals surface area (Å²) < 4.78 is 12.4. The summed E-state index contributed by atoms with van der Waals surface area (Å²) in [6.07, 6.45) is 3.21. The maximum atomic E-state index is 13.3. The van der Waals surface area contributed by atoms with E-state index in [1.54, 1.807) is 42.7 Å². The molecule has 4 aromatic rings. The molecule has 0 saturated carbocycles. The number of furan rings is 1. The van der Waals surface area contributed by atoms with Crippen molar-refractivity contribution < 1.29 is 13.9 Å². The molecule has 0 aliphatic rings. The van der Waals surface area contributed by atoms with Crippen molar-refractivity contribution in [2.24, 2.45) is 0 Å². The summed E-state index contributed by atoms with van der Waals surface area (Å²) in [5.74, 6) is 1.28. The number of anilines is 1. The van der Waals surface area contributed by atoms with Gasteiger partial charge in [-0.05, 0) is 43.3 Å². The molecule has 9 heteroatoms. The lowest BCUT2D eigenvalue weighted by molar-refractivity contribution is -0.113. The molecule has 1 amide bonds. The molecule has 0 unspecified atom stereocenters. The number of benzene rings is 1. The maximum Gasteiger partial charge on any atom is 0.263 e. The number of thiophene rings is 1. The van der Waals surface area contributed by atoms with Crippen LogP contribution in [-0.4, -0.2) is 27.8 Å². The minimum absolute atomic E-state index is 0.110. The van der Waals surface area contributed by atoms with Crippen molar-refractivity contribution in [2.75, 3.05) is 17.7 Å². The van der Waals surface area contributed by atoms with E-state index in [9.17, 15) is 9.59 Å². The van der Waals surface area contributed by atoms with Crippen molar-refractivity contribution >= 4 is 44.9 Å². The second-order valence-electron chi connectivity index (χ2n) is 6.70. The first-order valence-corrected chi connectivity index (χ1v) is 11.8. The highest BCUT2D eigenvalue weighted by Crippen LogP contribution is 2.32. The number of ether oxygens (including phenoxy) is 1. The van der Waals surface area contributed by atoms with Crippen molar-refractivity contribution in [2.45, 2.75) is 18.6 Å². The van der Waals surface area contributed by atoms with Gasteiger partial charge < -0.3 is 14.5 Å². The molecule has 32 heavy (non-hydrogen) atoms. The van der Waals surface area contributed by atoms with Gasteiger partial charge in [-0.2, -0.15) is 0 Å². The minimum atomic E-state index is -0.193. The Balaban J connectivity index is 1.54. The number of hydrogen-bond acceptors (Lipinski definition) is 7. The Morgan fingerprint density at radius 1 is 1.34 bits per heavy atom. The fourth-order valence-corrected chi connectivity index (χ4v) is 4.92. The SMILES string of the molecule is C=CCn1c(SCC(=O)Nc2ccc(OCC)cc2)nc2scc(-c3ccco3)c2c1=O. The van der Waals surface area contributed by atoms with E-state index < -0.39 is 0 Å². The minimum Gasteiger partial charge on any atom is -0.494 e. The van der Waals surface area contributed by atoms with Crippen molar-refractivity contribution in [3.05, 3.63) is 71.1 Å². The number of rotatable bonds is 9. The standard InChI is InChI=1S/C23H21N3O4S2/c1-3-11-26-22(28)20-17(18-6-5-12-30-18)13-31-21(20)25-23(26)32-14-19(27)24-15-7-9-16(10-8-15)29-4-2/h3,5-10,12-13H,1,4,11,14H2,2H3,(H,24,27). The summed E-state index contributed by atoms with van der Waals surface area (Å²) in [6, 6.07) is 10.8. The van der Waals surface area contributed by atoms with E-state index in [2.05, 4.69) is 16.9 Å². The number of carbonyl (C=O) groups is 1. The van der Waals surface area contributed by atoms with Crippen LogP contribution in [0.3, 0.4) is 0 Å². The number of hydrogen-bond donors (Lipinski definition) is 1. The van der Waals surface area contributed by atoms with Crippen LogP contribution in [0.1, 0.15) is 6.92 Å². The zero-order valence-electron chi connectivity index (χ0n) is 17.4. The smallest absolute Gasteiger partial charge is 0.263 e. The first-order valence-electron chi connectivity index (χ1n) is 9.93. The summed E-state index contributed by atoms with van der Waals surface area (Å²) in [6.45, 7) is 6.53. The average Bonchev–Trinajstić information content (AvgIpc) is 3.46. The molecule has 164 valence electrons. The van der Waals surface area contributed by atoms with Gasteiger partial charge in [-0.3, -0.25) is 14.2 Å². The topological polar surface area (TPSA) is 86.4 Å². The van der Waals surface area contributed by atoms with E-state index in [-0.39, 0.29) is 23.8 Å². The van der Waals surface area contributed by atoms with E-state index in [4.69, 9.17) is 9.15 Å². The zero-order valence-corrected chi connectivity index (χ0v) is 19.0. The van der Waals surface area contributed by atoms with Gasteiger partial charge in [-0.25, -0.2) is 4.98 Å². The van der Waals surface area contributed by atoms with Gasteiger partial charge in [0.05, 0.1) is 24.0 Å². The number of aromatic nitrogens is 2. The lowest BCUT2D eigenvalue weighted by atomic mass is 10.2. The number of thioether (sulfide) groups is 1. The summed E-state index contributed by atoms with van der Waals surface area (Å²) >= 11 is 2.59. The van der Waals surface area contributed by atoms with E-state index in [1.165, 1.54) is 27.7 Å². The summed E-state index contributed by atoms with van der Waals surface area (Å²) in [4.78, 5) is 31.0. The molecule has 0 atom stereocenters. The van der Waals surface area contributed by atoms with Gasteiger partial charge >= 0.3 is 0 Å². The van der Waals surface area contributed by atoms with Gasteiger partial charge in [0.1, 0.15) is 16.3 Å². The number of amides is 1. The van der Waals surface area contributed by atoms with Crippen LogP contribution in [0.15, 0.2) is 75.1 Å². The second kappa shape index (κ2) is 9.88. The van der Waals surface area contributed by atoms with Gasteiger partial charge in [0.2, 0.25) is 5.91 Å². The third-order valence-electron chi connectivity index (χ3n) is 4.54. The highest BCUT2D eigenvalue weighted by Gasteiger charge is 2.19. The van der Waals surface area contributed by atoms with Crippen LogP contribution in [0.5, 0.6) is 5.75 Å². The van der Waals surface area contributed by atoms with Crippen LogP contribution in [0, 0.1) is 0 Å². The molecule has 0 spiro atoms. The third-order valence-corrected chi connectivity index (χ3v) is 6.39. The normalized spacial score (nSPS) is 10.9. The largest absolute Gasteiger partial charge is 0.494 e. The van der Waals surface area contributed by atoms with E-state index in [1.807, 2.05) is 18.4 Å². The predicted octanol–water partition coefficient (Wildman–Crippen LogP) is 5.03. The van der Waals surface area contributed by atoms with Gasteiger partial charge in [-0.15, -0.1) is 17.9 Å². The van der Waals surface area contributed by atoms with Crippen LogP contribution >= 0.6 is 23.1 Å². The fraction of sp³-hybridized carbons (Fsp3) is 0.174. The number of allylic oxidation sites excluding steroid dienone is 1. The second-order valence-corrected chi connectivity index (χ2v) is 8.50. The molecule has 0 aliphatic carbocycles. The third kappa shape index (κ3) is 4.63. The van der Waals surface area contributed by atoms with Crippen molar-refractivity contribution in [3.8, 4) is 17.1 Å². The predicted molar refractivity (Wildman–Crippen MR) is 129 cm³/mol. The van der Waals surface area contributed by atoms with Crippen molar-refractivity contribution in [3.63, 3.8) is 0 Å². The monoisotopic (exact) mass is 467 g/mol. The van der Waals surface area contributed by atoms with Gasteiger partial charge in [0.25, 0.3) is 5.56 Å². The summed E-state index contributed by atoms with van der Waals surface area (Å²) in [5.41, 5.74) is 1.21. The van der Waals surface area contributed by atoms with Crippen LogP contribution in [0.2, 0.25) is 0 Å². The Morgan fingerprint density at radius 3 is 2.84 bits per heavy atom. The van der Waals surface area contributed by atoms with Crippen LogP contribution in [0.4, 0.5) is 5.69 Å². The number of fused-ring (bicyclic) bond motifs is 1. The van der Waals surface area contributed by atoms with Gasteiger partial charge in [0, 0.05) is 23.2 Å². The first kappa shape index (κ1) is 21.9. The van der Waals surface area contributed by atoms with Gasteiger partial charge in [-0.1, -0.05) is 17.8 Å². The first-order chi connectivity index (χ1) is 15.6. The Morgan fingerprint density at radius 2 is 2.16 bits per heavy atom. The molecule has 1 N–H and O–H groups in total. The molecule has 3 heterocycles. The molecule has 0 aliphatic heterocycles. The lowest BCUT2D eigenvalue weighted by Gasteiger charge is -2.11. The molecule has 7 nitrogen and oxygen atoms in total. The van der Waals surface area contributed by atoms with E-state index in [0.717, 1.165) is 11.3 Å². The number of carbonyl (C=O) groups excluding carboxylic acids is 1. The molecule has 0 bridgehead atoms. The Labute approximate surface area is 192 Å². The zero-order chi connectivity index (χ0) is 22.5. The molecular formula is C23H21N3O4S2. The molecule has 1 aromatic carbocycles. The fourth-order valence-electron chi connectivity index (χ4n) is 3.15. The molecular weight excluding hydrogens is 446 g/mol. The Kier molecular flexibility index (Phi) is 6.77. The molecule has 3 aromatic heterocycles. The maximum absolute atomic E-state index is 13.3. The lowest BCUT2D eigenvalue weighted by Crippen LogP contribution is -2.23. The highest BCUT2D eigenvalue weighted by atomic mass is 32.2. The van der Waals surface area contributed by atoms with Crippen molar-refractivity contribution in [1.29, 1.82) is 0 Å². The molecule has 0 saturated heterocycles. The Hall–Kier alpha value is -3.30. The highest BCUT2D eigenvalue weighted by molar-refractivity contribution is 7.99. The number of nitrogens with zero attached hydrogens (tertiary/aromatic N) is 2. The summed E-state index contributed by atoms with van der Waals surface area (Å²) in [7, 11) is 0. The Bertz CT molecular complexity index is 1290. The van der Waals surface area contributed by atoms with Gasteiger partial charge in [0.15, 0.2) is 5.16 Å². The average molecular weight is 468 g/mol. The van der Waals surface area contributed by atoms with Crippen molar-refractivity contribution in [1.82, 2.24) is 9.55 Å². The van der Waals surface area contributed by atoms with E-state index in [0.29, 0.717) is 33.4 Å². The molecule has 0 fully saturated rings. The quantitative estimate of drug-likeness (QED) is 0.211.